The minimum absolute atomic E-state index is 0.0824. The Morgan fingerprint density at radius 1 is 1.07 bits per heavy atom. The van der Waals surface area contributed by atoms with Crippen LogP contribution in [0.1, 0.15) is 29.4 Å². The third kappa shape index (κ3) is 4.67. The number of hydrogen-bond donors (Lipinski definition) is 3. The van der Waals surface area contributed by atoms with Gasteiger partial charge < -0.3 is 15.4 Å². The van der Waals surface area contributed by atoms with Gasteiger partial charge in [-0.1, -0.05) is 19.1 Å². The van der Waals surface area contributed by atoms with Crippen molar-refractivity contribution in [3.8, 4) is 0 Å². The van der Waals surface area contributed by atoms with E-state index in [-0.39, 0.29) is 17.5 Å². The van der Waals surface area contributed by atoms with E-state index in [1.165, 1.54) is 5.56 Å². The lowest BCUT2D eigenvalue weighted by Crippen LogP contribution is -2.35. The number of anilines is 2. The molecular weight excluding hydrogens is 382 g/mol. The lowest BCUT2D eigenvalue weighted by molar-refractivity contribution is -0.115. The van der Waals surface area contributed by atoms with E-state index in [4.69, 9.17) is 4.74 Å². The third-order valence-electron chi connectivity index (χ3n) is 5.10. The first kappa shape index (κ1) is 20.1. The molecule has 8 nitrogen and oxygen atoms in total. The minimum atomic E-state index is -0.304. The monoisotopic (exact) mass is 407 g/mol. The number of aromatic amines is 1. The van der Waals surface area contributed by atoms with Crippen LogP contribution in [-0.4, -0.2) is 53.2 Å². The van der Waals surface area contributed by atoms with Crippen LogP contribution in [-0.2, 0) is 16.1 Å². The van der Waals surface area contributed by atoms with Gasteiger partial charge in [0.2, 0.25) is 5.91 Å². The van der Waals surface area contributed by atoms with Crippen LogP contribution in [0.25, 0.3) is 10.9 Å². The molecule has 1 aliphatic rings. The number of benzene rings is 2. The van der Waals surface area contributed by atoms with Crippen LogP contribution in [0, 0.1) is 0 Å². The Morgan fingerprint density at radius 2 is 1.80 bits per heavy atom. The summed E-state index contributed by atoms with van der Waals surface area (Å²) in [7, 11) is 0. The number of H-pyrrole nitrogens is 1. The number of morpholine rings is 1. The summed E-state index contributed by atoms with van der Waals surface area (Å²) < 4.78 is 5.38. The Bertz CT molecular complexity index is 1040. The summed E-state index contributed by atoms with van der Waals surface area (Å²) in [6.07, 6.45) is 0.387. The van der Waals surface area contributed by atoms with E-state index >= 15 is 0 Å². The normalized spacial score (nSPS) is 14.6. The van der Waals surface area contributed by atoms with Crippen LogP contribution < -0.4 is 10.6 Å². The predicted molar refractivity (Wildman–Crippen MR) is 116 cm³/mol. The van der Waals surface area contributed by atoms with Crippen LogP contribution >= 0.6 is 0 Å². The smallest absolute Gasteiger partial charge is 0.276 e. The third-order valence-corrected chi connectivity index (χ3v) is 5.10. The van der Waals surface area contributed by atoms with Crippen molar-refractivity contribution in [2.24, 2.45) is 0 Å². The van der Waals surface area contributed by atoms with Crippen molar-refractivity contribution < 1.29 is 14.3 Å². The molecule has 1 fully saturated rings. The van der Waals surface area contributed by atoms with Gasteiger partial charge in [-0.2, -0.15) is 5.10 Å². The highest BCUT2D eigenvalue weighted by atomic mass is 16.5. The largest absolute Gasteiger partial charge is 0.379 e. The van der Waals surface area contributed by atoms with E-state index in [0.29, 0.717) is 23.2 Å². The van der Waals surface area contributed by atoms with Gasteiger partial charge in [0, 0.05) is 42.8 Å². The molecule has 156 valence electrons. The summed E-state index contributed by atoms with van der Waals surface area (Å²) in [5, 5.41) is 13.4. The van der Waals surface area contributed by atoms with Crippen molar-refractivity contribution in [2.75, 3.05) is 36.9 Å². The van der Waals surface area contributed by atoms with Crippen LogP contribution in [0.5, 0.6) is 0 Å². The molecule has 30 heavy (non-hydrogen) atoms. The lowest BCUT2D eigenvalue weighted by Gasteiger charge is -2.26. The molecular formula is C22H25N5O3. The molecule has 0 bridgehead atoms. The Hall–Kier alpha value is -3.23. The molecule has 0 spiro atoms. The molecule has 2 heterocycles. The molecule has 3 N–H and O–H groups in total. The van der Waals surface area contributed by atoms with E-state index in [2.05, 4.69) is 25.7 Å². The number of carbonyl (C=O) groups is 2. The van der Waals surface area contributed by atoms with E-state index in [9.17, 15) is 9.59 Å². The number of nitrogens with zero attached hydrogens (tertiary/aromatic N) is 2. The Kier molecular flexibility index (Phi) is 6.06. The number of nitrogens with one attached hydrogen (secondary N) is 3. The fourth-order valence-corrected chi connectivity index (χ4v) is 3.42. The summed E-state index contributed by atoms with van der Waals surface area (Å²) in [5.74, 6) is -0.387. The molecule has 0 unspecified atom stereocenters. The second kappa shape index (κ2) is 9.06. The summed E-state index contributed by atoms with van der Waals surface area (Å²) in [5.41, 5.74) is 3.55. The predicted octanol–water partition coefficient (Wildman–Crippen LogP) is 3.00. The van der Waals surface area contributed by atoms with Crippen molar-refractivity contribution in [1.82, 2.24) is 15.1 Å². The maximum absolute atomic E-state index is 12.8. The highest BCUT2D eigenvalue weighted by Gasteiger charge is 2.16. The Balaban J connectivity index is 1.44. The van der Waals surface area contributed by atoms with Gasteiger partial charge in [0.1, 0.15) is 0 Å². The number of carbonyl (C=O) groups excluding carboxylic acids is 2. The van der Waals surface area contributed by atoms with E-state index in [0.717, 1.165) is 38.4 Å². The summed E-state index contributed by atoms with van der Waals surface area (Å²) in [6.45, 7) is 6.08. The highest BCUT2D eigenvalue weighted by Crippen LogP contribution is 2.22. The summed E-state index contributed by atoms with van der Waals surface area (Å²) in [4.78, 5) is 26.8. The molecule has 0 saturated carbocycles. The SMILES string of the molecule is CCC(=O)Nc1ccc2[nH]nc(C(=O)Nc3ccc(CN4CCOCC4)cc3)c2c1. The highest BCUT2D eigenvalue weighted by molar-refractivity contribution is 6.11. The molecule has 4 rings (SSSR count). The van der Waals surface area contributed by atoms with E-state index < -0.39 is 0 Å². The first-order valence-electron chi connectivity index (χ1n) is 10.1. The number of ether oxygens (including phenoxy) is 1. The van der Waals surface area contributed by atoms with Gasteiger partial charge in [-0.25, -0.2) is 0 Å². The van der Waals surface area contributed by atoms with Crippen molar-refractivity contribution in [3.05, 3.63) is 53.7 Å². The molecule has 0 atom stereocenters. The number of fused-ring (bicyclic) bond motifs is 1. The fraction of sp³-hybridized carbons (Fsp3) is 0.318. The average molecular weight is 407 g/mol. The van der Waals surface area contributed by atoms with Crippen LogP contribution in [0.15, 0.2) is 42.5 Å². The number of rotatable bonds is 6. The van der Waals surface area contributed by atoms with Crippen molar-refractivity contribution in [1.29, 1.82) is 0 Å². The molecule has 1 saturated heterocycles. The van der Waals surface area contributed by atoms with Crippen LogP contribution in [0.2, 0.25) is 0 Å². The van der Waals surface area contributed by atoms with Gasteiger partial charge in [0.25, 0.3) is 5.91 Å². The molecule has 2 amide bonds. The number of aromatic nitrogens is 2. The van der Waals surface area contributed by atoms with Gasteiger partial charge >= 0.3 is 0 Å². The van der Waals surface area contributed by atoms with Gasteiger partial charge in [0.05, 0.1) is 18.7 Å². The first-order chi connectivity index (χ1) is 14.6. The maximum atomic E-state index is 12.8. The number of hydrogen-bond acceptors (Lipinski definition) is 5. The van der Waals surface area contributed by atoms with E-state index in [1.807, 2.05) is 24.3 Å². The molecule has 2 aromatic carbocycles. The quantitative estimate of drug-likeness (QED) is 0.583. The molecule has 0 radical (unpaired) electrons. The van der Waals surface area contributed by atoms with Crippen LogP contribution in [0.4, 0.5) is 11.4 Å². The van der Waals surface area contributed by atoms with Crippen molar-refractivity contribution in [2.45, 2.75) is 19.9 Å². The van der Waals surface area contributed by atoms with Crippen molar-refractivity contribution >= 4 is 34.1 Å². The lowest BCUT2D eigenvalue weighted by atomic mass is 10.1. The summed E-state index contributed by atoms with van der Waals surface area (Å²) in [6, 6.07) is 13.2. The standard InChI is InChI=1S/C22H25N5O3/c1-2-20(28)23-17-7-8-19-18(13-17)21(26-25-19)22(29)24-16-5-3-15(4-6-16)14-27-9-11-30-12-10-27/h3-8,13H,2,9-12,14H2,1H3,(H,23,28)(H,24,29)(H,25,26). The van der Waals surface area contributed by atoms with Gasteiger partial charge in [0.15, 0.2) is 5.69 Å². The van der Waals surface area contributed by atoms with Gasteiger partial charge in [-0.05, 0) is 35.9 Å². The molecule has 0 aliphatic carbocycles. The maximum Gasteiger partial charge on any atom is 0.276 e. The second-order valence-corrected chi connectivity index (χ2v) is 7.27. The molecule has 1 aliphatic heterocycles. The van der Waals surface area contributed by atoms with Gasteiger partial charge in [-0.15, -0.1) is 0 Å². The fourth-order valence-electron chi connectivity index (χ4n) is 3.42. The number of amides is 2. The molecule has 1 aromatic heterocycles. The Morgan fingerprint density at radius 3 is 2.53 bits per heavy atom. The average Bonchev–Trinajstić information content (AvgIpc) is 3.19. The van der Waals surface area contributed by atoms with Crippen LogP contribution in [0.3, 0.4) is 0 Å². The van der Waals surface area contributed by atoms with E-state index in [1.54, 1.807) is 25.1 Å². The molecule has 3 aromatic rings. The first-order valence-corrected chi connectivity index (χ1v) is 10.1. The van der Waals surface area contributed by atoms with Crippen molar-refractivity contribution in [3.63, 3.8) is 0 Å². The second-order valence-electron chi connectivity index (χ2n) is 7.27. The zero-order valence-electron chi connectivity index (χ0n) is 16.9. The zero-order valence-corrected chi connectivity index (χ0v) is 16.9. The molecule has 8 heteroatoms. The minimum Gasteiger partial charge on any atom is -0.379 e. The zero-order chi connectivity index (χ0) is 20.9. The van der Waals surface area contributed by atoms with Gasteiger partial charge in [-0.3, -0.25) is 19.6 Å². The topological polar surface area (TPSA) is 99.3 Å². The Labute approximate surface area is 174 Å². The summed E-state index contributed by atoms with van der Waals surface area (Å²) >= 11 is 0.